The lowest BCUT2D eigenvalue weighted by Crippen LogP contribution is -2.39. The highest BCUT2D eigenvalue weighted by molar-refractivity contribution is 5.76. The van der Waals surface area contributed by atoms with Crippen molar-refractivity contribution in [1.29, 1.82) is 0 Å². The van der Waals surface area contributed by atoms with E-state index in [1.165, 1.54) is 6.33 Å². The van der Waals surface area contributed by atoms with Crippen LogP contribution in [0.25, 0.3) is 0 Å². The molecule has 21 heavy (non-hydrogen) atoms. The molecule has 1 aromatic heterocycles. The van der Waals surface area contributed by atoms with Gasteiger partial charge in [0.15, 0.2) is 0 Å². The summed E-state index contributed by atoms with van der Waals surface area (Å²) >= 11 is 0. The molecule has 2 aromatic rings. The van der Waals surface area contributed by atoms with Crippen molar-refractivity contribution in [2.75, 3.05) is 6.54 Å². The molecule has 0 fully saturated rings. The van der Waals surface area contributed by atoms with E-state index < -0.39 is 12.0 Å². The number of aryl methyl sites for hydroxylation is 1. The smallest absolute Gasteiger partial charge is 0.325 e. The van der Waals surface area contributed by atoms with E-state index in [0.29, 0.717) is 13.1 Å². The van der Waals surface area contributed by atoms with Crippen LogP contribution in [0, 0.1) is 0 Å². The molecular formula is C15H18N4O2. The van der Waals surface area contributed by atoms with Gasteiger partial charge in [-0.15, -0.1) is 0 Å². The van der Waals surface area contributed by atoms with E-state index in [1.807, 2.05) is 36.1 Å². The normalized spacial score (nSPS) is 18.4. The molecule has 6 heteroatoms. The molecule has 0 saturated heterocycles. The van der Waals surface area contributed by atoms with E-state index in [-0.39, 0.29) is 0 Å². The number of carbonyl (C=O) groups is 1. The molecule has 0 saturated carbocycles. The number of aliphatic carboxylic acids is 1. The van der Waals surface area contributed by atoms with Crippen molar-refractivity contribution in [2.24, 2.45) is 0 Å². The Kier molecular flexibility index (Phi) is 3.70. The zero-order valence-electron chi connectivity index (χ0n) is 11.9. The molecule has 2 heterocycles. The fourth-order valence-electron chi connectivity index (χ4n) is 2.93. The first-order valence-electron chi connectivity index (χ1n) is 7.12. The highest BCUT2D eigenvalue weighted by Crippen LogP contribution is 2.30. The number of rotatable bonds is 4. The Morgan fingerprint density at radius 1 is 1.43 bits per heavy atom. The molecule has 3 rings (SSSR count). The standard InChI is InChI=1S/C15H18N4O2/c1-2-19-13(16-10-17-19)9-18-8-7-11-5-3-4-6-12(11)14(18)15(20)21/h3-6,10,14H,2,7-9H2,1H3,(H,20,21). The van der Waals surface area contributed by atoms with Crippen LogP contribution in [-0.4, -0.2) is 37.3 Å². The number of fused-ring (bicyclic) bond motifs is 1. The third-order valence-electron chi connectivity index (χ3n) is 3.96. The Bertz CT molecular complexity index is 653. The second-order valence-electron chi connectivity index (χ2n) is 5.15. The van der Waals surface area contributed by atoms with Gasteiger partial charge in [-0.25, -0.2) is 9.67 Å². The van der Waals surface area contributed by atoms with Crippen molar-refractivity contribution in [1.82, 2.24) is 19.7 Å². The van der Waals surface area contributed by atoms with Crippen LogP contribution in [0.3, 0.4) is 0 Å². The minimum absolute atomic E-state index is 0.499. The molecule has 0 radical (unpaired) electrons. The first-order chi connectivity index (χ1) is 10.2. The van der Waals surface area contributed by atoms with E-state index in [2.05, 4.69) is 10.1 Å². The average molecular weight is 286 g/mol. The van der Waals surface area contributed by atoms with Gasteiger partial charge in [0.05, 0.1) is 6.54 Å². The summed E-state index contributed by atoms with van der Waals surface area (Å²) in [7, 11) is 0. The maximum atomic E-state index is 11.7. The minimum Gasteiger partial charge on any atom is -0.480 e. The van der Waals surface area contributed by atoms with E-state index >= 15 is 0 Å². The number of aromatic nitrogens is 3. The van der Waals surface area contributed by atoms with Gasteiger partial charge in [-0.1, -0.05) is 24.3 Å². The second kappa shape index (κ2) is 5.65. The molecule has 0 amide bonds. The minimum atomic E-state index is -0.815. The summed E-state index contributed by atoms with van der Waals surface area (Å²) in [5, 5.41) is 13.8. The predicted molar refractivity (Wildman–Crippen MR) is 76.6 cm³/mol. The van der Waals surface area contributed by atoms with Crippen LogP contribution in [0.4, 0.5) is 0 Å². The summed E-state index contributed by atoms with van der Waals surface area (Å²) < 4.78 is 1.80. The Morgan fingerprint density at radius 2 is 2.24 bits per heavy atom. The van der Waals surface area contributed by atoms with Gasteiger partial charge in [0.1, 0.15) is 18.2 Å². The zero-order valence-corrected chi connectivity index (χ0v) is 11.9. The lowest BCUT2D eigenvalue weighted by atomic mass is 9.92. The Morgan fingerprint density at radius 3 is 3.00 bits per heavy atom. The van der Waals surface area contributed by atoms with Gasteiger partial charge in [-0.2, -0.15) is 5.10 Å². The van der Waals surface area contributed by atoms with E-state index in [9.17, 15) is 9.90 Å². The van der Waals surface area contributed by atoms with Crippen molar-refractivity contribution in [2.45, 2.75) is 32.5 Å². The average Bonchev–Trinajstić information content (AvgIpc) is 2.93. The van der Waals surface area contributed by atoms with Crippen LogP contribution < -0.4 is 0 Å². The summed E-state index contributed by atoms with van der Waals surface area (Å²) in [6, 6.07) is 7.16. The number of hydrogen-bond acceptors (Lipinski definition) is 4. The molecular weight excluding hydrogens is 268 g/mol. The van der Waals surface area contributed by atoms with Crippen molar-refractivity contribution < 1.29 is 9.90 Å². The predicted octanol–water partition coefficient (Wildman–Crippen LogP) is 1.48. The molecule has 1 N–H and O–H groups in total. The summed E-state index contributed by atoms with van der Waals surface area (Å²) in [4.78, 5) is 17.9. The fraction of sp³-hybridized carbons (Fsp3) is 0.400. The number of carboxylic acids is 1. The lowest BCUT2D eigenvalue weighted by Gasteiger charge is -2.34. The molecule has 1 atom stereocenters. The topological polar surface area (TPSA) is 71.2 Å². The fourth-order valence-corrected chi connectivity index (χ4v) is 2.93. The van der Waals surface area contributed by atoms with Gasteiger partial charge in [0.25, 0.3) is 0 Å². The third kappa shape index (κ3) is 2.54. The van der Waals surface area contributed by atoms with Gasteiger partial charge in [0, 0.05) is 13.1 Å². The SMILES string of the molecule is CCn1ncnc1CN1CCc2ccccc2C1C(=O)O. The van der Waals surface area contributed by atoms with Crippen molar-refractivity contribution in [3.63, 3.8) is 0 Å². The summed E-state index contributed by atoms with van der Waals surface area (Å²) in [5.74, 6) is -0.00663. The highest BCUT2D eigenvalue weighted by atomic mass is 16.4. The van der Waals surface area contributed by atoms with Crippen LogP contribution in [0.15, 0.2) is 30.6 Å². The summed E-state index contributed by atoms with van der Waals surface area (Å²) in [5.41, 5.74) is 2.01. The first-order valence-corrected chi connectivity index (χ1v) is 7.12. The van der Waals surface area contributed by atoms with Crippen LogP contribution in [0.2, 0.25) is 0 Å². The van der Waals surface area contributed by atoms with Crippen LogP contribution >= 0.6 is 0 Å². The number of benzene rings is 1. The molecule has 1 unspecified atom stereocenters. The summed E-state index contributed by atoms with van der Waals surface area (Å²) in [6.45, 7) is 3.94. The maximum Gasteiger partial charge on any atom is 0.325 e. The number of carboxylic acid groups (broad SMARTS) is 1. The van der Waals surface area contributed by atoms with Gasteiger partial charge < -0.3 is 5.11 Å². The molecule has 1 aliphatic heterocycles. The van der Waals surface area contributed by atoms with E-state index in [0.717, 1.165) is 29.9 Å². The van der Waals surface area contributed by atoms with Crippen molar-refractivity contribution >= 4 is 5.97 Å². The van der Waals surface area contributed by atoms with Crippen LogP contribution in [-0.2, 0) is 24.3 Å². The maximum absolute atomic E-state index is 11.7. The lowest BCUT2D eigenvalue weighted by molar-refractivity contribution is -0.144. The largest absolute Gasteiger partial charge is 0.480 e. The Hall–Kier alpha value is -2.21. The van der Waals surface area contributed by atoms with Crippen molar-refractivity contribution in [3.05, 3.63) is 47.5 Å². The van der Waals surface area contributed by atoms with E-state index in [4.69, 9.17) is 0 Å². The molecule has 0 bridgehead atoms. The summed E-state index contributed by atoms with van der Waals surface area (Å²) in [6.07, 6.45) is 2.38. The third-order valence-corrected chi connectivity index (χ3v) is 3.96. The van der Waals surface area contributed by atoms with E-state index in [1.54, 1.807) is 4.68 Å². The molecule has 1 aromatic carbocycles. The Labute approximate surface area is 123 Å². The quantitative estimate of drug-likeness (QED) is 0.922. The molecule has 6 nitrogen and oxygen atoms in total. The monoisotopic (exact) mass is 286 g/mol. The number of hydrogen-bond donors (Lipinski definition) is 1. The highest BCUT2D eigenvalue weighted by Gasteiger charge is 2.33. The Balaban J connectivity index is 1.91. The van der Waals surface area contributed by atoms with Gasteiger partial charge in [-0.05, 0) is 24.5 Å². The molecule has 110 valence electrons. The van der Waals surface area contributed by atoms with Crippen LogP contribution in [0.5, 0.6) is 0 Å². The first kappa shape index (κ1) is 13.8. The van der Waals surface area contributed by atoms with Gasteiger partial charge >= 0.3 is 5.97 Å². The van der Waals surface area contributed by atoms with Gasteiger partial charge in [0.2, 0.25) is 0 Å². The zero-order chi connectivity index (χ0) is 14.8. The van der Waals surface area contributed by atoms with Crippen LogP contribution in [0.1, 0.15) is 29.9 Å². The van der Waals surface area contributed by atoms with Gasteiger partial charge in [-0.3, -0.25) is 9.69 Å². The number of nitrogens with zero attached hydrogens (tertiary/aromatic N) is 4. The molecule has 0 aliphatic carbocycles. The molecule has 0 spiro atoms. The second-order valence-corrected chi connectivity index (χ2v) is 5.15. The van der Waals surface area contributed by atoms with Crippen molar-refractivity contribution in [3.8, 4) is 0 Å². The molecule has 1 aliphatic rings.